The molecule has 0 aliphatic carbocycles. The largest absolute Gasteiger partial charge is 0.466 e. The Morgan fingerprint density at radius 1 is 0.532 bits per heavy atom. The van der Waals surface area contributed by atoms with Crippen molar-refractivity contribution in [2.24, 2.45) is 0 Å². The van der Waals surface area contributed by atoms with Crippen molar-refractivity contribution in [2.75, 3.05) is 13.2 Å². The fourth-order valence-corrected chi connectivity index (χ4v) is 12.1. The van der Waals surface area contributed by atoms with Crippen molar-refractivity contribution in [2.45, 2.75) is 46.6 Å². The van der Waals surface area contributed by atoms with Gasteiger partial charge in [0.15, 0.2) is 24.8 Å². The van der Waals surface area contributed by atoms with Gasteiger partial charge in [-0.05, 0) is 73.5 Å². The number of benzene rings is 3. The number of aromatic nitrogens is 2. The molecule has 7 aromatic rings. The van der Waals surface area contributed by atoms with E-state index in [2.05, 4.69) is 12.1 Å². The maximum Gasteiger partial charge on any atom is 0.310 e. The van der Waals surface area contributed by atoms with Crippen molar-refractivity contribution in [3.05, 3.63) is 187 Å². The number of hydrogen-bond acceptors (Lipinski definition) is 10. The summed E-state index contributed by atoms with van der Waals surface area (Å²) in [5, 5.41) is 1.04. The molecule has 0 saturated heterocycles. The van der Waals surface area contributed by atoms with Gasteiger partial charge in [-0.2, -0.15) is 9.13 Å². The van der Waals surface area contributed by atoms with E-state index >= 15 is 0 Å². The number of thiophene rings is 2. The summed E-state index contributed by atoms with van der Waals surface area (Å²) in [6.07, 6.45) is 7.49. The maximum atomic E-state index is 14.2. The first-order chi connectivity index (χ1) is 30.1. The number of pyridine rings is 2. The molecule has 4 aromatic heterocycles. The fourth-order valence-electron chi connectivity index (χ4n) is 6.68. The van der Waals surface area contributed by atoms with E-state index in [4.69, 9.17) is 32.7 Å². The van der Waals surface area contributed by atoms with Gasteiger partial charge in [-0.15, -0.1) is 46.2 Å². The molecule has 0 radical (unpaired) electrons. The minimum atomic E-state index is -0.419. The van der Waals surface area contributed by atoms with E-state index in [1.807, 2.05) is 82.5 Å². The molecule has 0 saturated carbocycles. The van der Waals surface area contributed by atoms with Gasteiger partial charge in [-0.25, -0.2) is 0 Å². The molecule has 8 nitrogen and oxygen atoms in total. The second-order valence-electron chi connectivity index (χ2n) is 13.6. The zero-order chi connectivity index (χ0) is 43.6. The van der Waals surface area contributed by atoms with Crippen LogP contribution in [-0.4, -0.2) is 36.7 Å². The molecule has 0 aliphatic heterocycles. The van der Waals surface area contributed by atoms with E-state index in [1.165, 1.54) is 22.7 Å². The Kier molecular flexibility index (Phi) is 15.5. The summed E-state index contributed by atoms with van der Waals surface area (Å²) in [6.45, 7) is 3.96. The Morgan fingerprint density at radius 2 is 0.903 bits per heavy atom. The monoisotopic (exact) mass is 938 g/mol. The molecule has 4 heterocycles. The van der Waals surface area contributed by atoms with E-state index in [-0.39, 0.29) is 37.6 Å². The summed E-state index contributed by atoms with van der Waals surface area (Å²) in [7, 11) is 0. The first-order valence-corrected chi connectivity index (χ1v) is 24.0. The molecule has 0 bridgehead atoms. The van der Waals surface area contributed by atoms with Gasteiger partial charge < -0.3 is 9.47 Å². The van der Waals surface area contributed by atoms with Gasteiger partial charge in [-0.1, -0.05) is 59.6 Å². The molecule has 7 rings (SSSR count). The number of nitrogens with zero attached hydrogens (tertiary/aromatic N) is 2. The number of carbonyl (C=O) groups is 4. The topological polar surface area (TPSA) is 94.5 Å². The van der Waals surface area contributed by atoms with Gasteiger partial charge in [0, 0.05) is 56.9 Å². The quantitative estimate of drug-likeness (QED) is 0.0363. The van der Waals surface area contributed by atoms with Crippen LogP contribution in [0.15, 0.2) is 142 Å². The predicted octanol–water partition coefficient (Wildman–Crippen LogP) is 10.9. The van der Waals surface area contributed by atoms with E-state index < -0.39 is 11.9 Å². The lowest BCUT2D eigenvalue weighted by molar-refractivity contribution is -0.598. The molecule has 62 heavy (non-hydrogen) atoms. The summed E-state index contributed by atoms with van der Waals surface area (Å²) in [6, 6.07) is 33.2. The molecule has 14 heteroatoms. The van der Waals surface area contributed by atoms with Crippen LogP contribution in [0.4, 0.5) is 0 Å². The van der Waals surface area contributed by atoms with Crippen LogP contribution in [0.1, 0.15) is 66.6 Å². The highest BCUT2D eigenvalue weighted by Gasteiger charge is 2.33. The van der Waals surface area contributed by atoms with Gasteiger partial charge in [0.05, 0.1) is 46.9 Å². The van der Waals surface area contributed by atoms with E-state index in [0.29, 0.717) is 53.6 Å². The van der Waals surface area contributed by atoms with Crippen molar-refractivity contribution in [1.29, 1.82) is 0 Å². The molecule has 0 spiro atoms. The molecule has 0 fully saturated rings. The van der Waals surface area contributed by atoms with Crippen molar-refractivity contribution in [3.63, 3.8) is 0 Å². The summed E-state index contributed by atoms with van der Waals surface area (Å²) < 4.78 is 16.4. The van der Waals surface area contributed by atoms with E-state index in [9.17, 15) is 19.2 Å². The molecular formula is C48H40Cl2N2O6S4+2. The minimum absolute atomic E-state index is 0.0761. The first-order valence-electron chi connectivity index (χ1n) is 19.6. The van der Waals surface area contributed by atoms with Gasteiger partial charge in [-0.3, -0.25) is 19.2 Å². The lowest BCUT2D eigenvalue weighted by Crippen LogP contribution is -2.31. The van der Waals surface area contributed by atoms with Crippen LogP contribution < -0.4 is 9.13 Å². The zero-order valence-corrected chi connectivity index (χ0v) is 38.5. The zero-order valence-electron chi connectivity index (χ0n) is 33.7. The van der Waals surface area contributed by atoms with Gasteiger partial charge in [0.25, 0.3) is 0 Å². The Balaban J connectivity index is 1.24. The second kappa shape index (κ2) is 21.3. The number of thioether (sulfide) groups is 2. The third kappa shape index (κ3) is 10.7. The minimum Gasteiger partial charge on any atom is -0.466 e. The molecule has 0 amide bonds. The van der Waals surface area contributed by atoms with Crippen LogP contribution in [0.2, 0.25) is 10.0 Å². The average molecular weight is 940 g/mol. The normalized spacial score (nSPS) is 11.0. The SMILES string of the molecule is CCOC(=O)Cc1c(C(=O)c2ccc(Cl)cc2)sc(SCc2ccccc2CSc2sc(C(=O)c3ccc(Cl)cc3)c(CC(=O)OCC)c2-[n+]2ccccc2)c1-[n+]1ccccc1. The average Bonchev–Trinajstić information content (AvgIpc) is 3.83. The molecule has 0 atom stereocenters. The van der Waals surface area contributed by atoms with Crippen molar-refractivity contribution in [3.8, 4) is 11.4 Å². The Labute approximate surface area is 386 Å². The summed E-state index contributed by atoms with van der Waals surface area (Å²) in [5.74, 6) is -0.123. The van der Waals surface area contributed by atoms with Gasteiger partial charge in [0.1, 0.15) is 8.42 Å². The number of carbonyl (C=O) groups excluding carboxylic acids is 4. The van der Waals surface area contributed by atoms with Crippen molar-refractivity contribution in [1.82, 2.24) is 0 Å². The molecule has 0 unspecified atom stereocenters. The third-order valence-electron chi connectivity index (χ3n) is 9.56. The standard InChI is InChI=1S/C48H40Cl2N2O6S4/c1-3-57-39(53)27-37-41(51-23-9-5-10-24-51)47(61-45(37)43(55)31-15-19-35(49)20-16-31)59-29-33-13-7-8-14-34(33)30-60-48-42(52-25-11-6-12-26-52)38(28-40(54)58-4-2)46(62-48)44(56)32-17-21-36(50)22-18-32/h5-26H,3-4,27-30H2,1-2H3/q+2. The Morgan fingerprint density at radius 3 is 1.26 bits per heavy atom. The molecule has 0 aliphatic rings. The number of ketones is 2. The number of halogens is 2. The molecule has 314 valence electrons. The highest BCUT2D eigenvalue weighted by atomic mass is 35.5. The predicted molar refractivity (Wildman–Crippen MR) is 248 cm³/mol. The maximum absolute atomic E-state index is 14.2. The van der Waals surface area contributed by atoms with E-state index in [1.54, 1.807) is 85.9 Å². The Bertz CT molecular complexity index is 2520. The van der Waals surface area contributed by atoms with Crippen molar-refractivity contribution >= 4 is 92.9 Å². The summed E-state index contributed by atoms with van der Waals surface area (Å²) in [5.41, 5.74) is 5.80. The Hall–Kier alpha value is -5.08. The molecular weight excluding hydrogens is 900 g/mol. The van der Waals surface area contributed by atoms with Gasteiger partial charge in [0.2, 0.25) is 22.9 Å². The lowest BCUT2D eigenvalue weighted by atomic mass is 10.0. The van der Waals surface area contributed by atoms with Crippen LogP contribution in [0, 0.1) is 0 Å². The first kappa shape index (κ1) is 45.0. The van der Waals surface area contributed by atoms with E-state index in [0.717, 1.165) is 30.9 Å². The highest BCUT2D eigenvalue weighted by Crippen LogP contribution is 2.43. The fraction of sp³-hybridized carbons (Fsp3) is 0.167. The van der Waals surface area contributed by atoms with Crippen LogP contribution in [0.25, 0.3) is 11.4 Å². The number of hydrogen-bond donors (Lipinski definition) is 0. The molecule has 0 N–H and O–H groups in total. The van der Waals surface area contributed by atoms with Crippen molar-refractivity contribution < 1.29 is 37.8 Å². The third-order valence-corrected chi connectivity index (χ3v) is 15.1. The summed E-state index contributed by atoms with van der Waals surface area (Å²) in [4.78, 5) is 55.5. The smallest absolute Gasteiger partial charge is 0.310 e. The molecule has 3 aromatic carbocycles. The lowest BCUT2D eigenvalue weighted by Gasteiger charge is -2.09. The highest BCUT2D eigenvalue weighted by molar-refractivity contribution is 8.01. The van der Waals surface area contributed by atoms with Crippen LogP contribution in [-0.2, 0) is 43.4 Å². The van der Waals surface area contributed by atoms with Crippen LogP contribution in [0.5, 0.6) is 0 Å². The number of ether oxygens (including phenoxy) is 2. The number of esters is 2. The van der Waals surface area contributed by atoms with Crippen LogP contribution in [0.3, 0.4) is 0 Å². The second-order valence-corrected chi connectivity index (χ2v) is 19.0. The summed E-state index contributed by atoms with van der Waals surface area (Å²) >= 11 is 18.3. The van der Waals surface area contributed by atoms with Crippen LogP contribution >= 0.6 is 69.4 Å². The van der Waals surface area contributed by atoms with Gasteiger partial charge >= 0.3 is 11.9 Å². The number of rotatable bonds is 18.